The number of hydrogen-bond donors (Lipinski definition) is 1. The van der Waals surface area contributed by atoms with E-state index in [0.717, 1.165) is 25.9 Å². The second-order valence-corrected chi connectivity index (χ2v) is 3.73. The molecule has 1 amide bonds. The predicted molar refractivity (Wildman–Crippen MR) is 71.7 cm³/mol. The minimum Gasteiger partial charge on any atom is -0.346 e. The summed E-state index contributed by atoms with van der Waals surface area (Å²) >= 11 is 0. The fraction of sp³-hybridized carbons (Fsp3) is 0.923. The summed E-state index contributed by atoms with van der Waals surface area (Å²) in [6.07, 6.45) is 5.15. The number of nitrogens with one attached hydrogen (secondary N) is 1. The van der Waals surface area contributed by atoms with E-state index < -0.39 is 0 Å². The van der Waals surface area contributed by atoms with Gasteiger partial charge in [0.2, 0.25) is 5.91 Å². The molecule has 16 heavy (non-hydrogen) atoms. The number of amides is 1. The van der Waals surface area contributed by atoms with Gasteiger partial charge in [0.15, 0.2) is 0 Å². The maximum Gasteiger partial charge on any atom is 0.222 e. The Labute approximate surface area is 102 Å². The van der Waals surface area contributed by atoms with Crippen molar-refractivity contribution in [3.8, 4) is 0 Å². The van der Waals surface area contributed by atoms with Crippen molar-refractivity contribution in [2.24, 2.45) is 0 Å². The fourth-order valence-corrected chi connectivity index (χ4v) is 1.36. The Bertz CT molecular complexity index is 149. The molecule has 0 rings (SSSR count). The van der Waals surface area contributed by atoms with Gasteiger partial charge in [0.05, 0.1) is 0 Å². The maximum absolute atomic E-state index is 11.4. The Hall–Kier alpha value is -0.570. The van der Waals surface area contributed by atoms with Gasteiger partial charge in [-0.2, -0.15) is 0 Å². The molecule has 3 heteroatoms. The first-order valence-electron chi connectivity index (χ1n) is 6.61. The topological polar surface area (TPSA) is 32.3 Å². The molecule has 0 aliphatic heterocycles. The van der Waals surface area contributed by atoms with E-state index in [9.17, 15) is 4.79 Å². The van der Waals surface area contributed by atoms with E-state index in [1.54, 1.807) is 0 Å². The number of rotatable bonds is 8. The maximum atomic E-state index is 11.4. The van der Waals surface area contributed by atoms with Crippen LogP contribution in [0.4, 0.5) is 0 Å². The average molecular weight is 230 g/mol. The Morgan fingerprint density at radius 3 is 2.31 bits per heavy atom. The van der Waals surface area contributed by atoms with Gasteiger partial charge < -0.3 is 10.2 Å². The molecular formula is C13H30N2O. The molecule has 0 aliphatic rings. The highest BCUT2D eigenvalue weighted by molar-refractivity contribution is 5.75. The van der Waals surface area contributed by atoms with E-state index in [-0.39, 0.29) is 5.91 Å². The summed E-state index contributed by atoms with van der Waals surface area (Å²) in [4.78, 5) is 13.2. The number of carbonyl (C=O) groups is 1. The third-order valence-corrected chi connectivity index (χ3v) is 2.31. The summed E-state index contributed by atoms with van der Waals surface area (Å²) < 4.78 is 0. The van der Waals surface area contributed by atoms with Gasteiger partial charge in [-0.25, -0.2) is 0 Å². The normalized spacial score (nSPS) is 9.31. The zero-order valence-electron chi connectivity index (χ0n) is 11.8. The lowest BCUT2D eigenvalue weighted by molar-refractivity contribution is -0.129. The minimum atomic E-state index is 0.279. The second kappa shape index (κ2) is 14.4. The van der Waals surface area contributed by atoms with Crippen molar-refractivity contribution in [2.75, 3.05) is 27.2 Å². The summed E-state index contributed by atoms with van der Waals surface area (Å²) in [7, 11) is 3.87. The van der Waals surface area contributed by atoms with E-state index in [4.69, 9.17) is 0 Å². The summed E-state index contributed by atoms with van der Waals surface area (Å²) in [5.41, 5.74) is 0. The van der Waals surface area contributed by atoms with Crippen LogP contribution in [0.15, 0.2) is 0 Å². The summed E-state index contributed by atoms with van der Waals surface area (Å²) in [6.45, 7) is 8.02. The molecule has 0 aliphatic carbocycles. The highest BCUT2D eigenvalue weighted by Gasteiger charge is 2.05. The lowest BCUT2D eigenvalue weighted by atomic mass is 10.2. The molecule has 0 saturated heterocycles. The van der Waals surface area contributed by atoms with Gasteiger partial charge >= 0.3 is 0 Å². The van der Waals surface area contributed by atoms with Crippen molar-refractivity contribution in [3.63, 3.8) is 0 Å². The third-order valence-electron chi connectivity index (χ3n) is 2.31. The molecule has 0 atom stereocenters. The fourth-order valence-electron chi connectivity index (χ4n) is 1.36. The van der Waals surface area contributed by atoms with Gasteiger partial charge in [-0.1, -0.05) is 27.2 Å². The summed E-state index contributed by atoms with van der Waals surface area (Å²) in [5, 5.41) is 3.12. The Morgan fingerprint density at radius 1 is 1.19 bits per heavy atom. The van der Waals surface area contributed by atoms with Gasteiger partial charge in [0.1, 0.15) is 0 Å². The lowest BCUT2D eigenvalue weighted by Crippen LogP contribution is -2.27. The molecule has 0 heterocycles. The highest BCUT2D eigenvalue weighted by atomic mass is 16.2. The molecule has 1 N–H and O–H groups in total. The molecule has 3 nitrogen and oxygen atoms in total. The Balaban J connectivity index is 0. The zero-order valence-corrected chi connectivity index (χ0v) is 11.8. The third kappa shape index (κ3) is 11.5. The SMILES string of the molecule is CC.CCCC(=O)N(C)CCCCCNC. The summed E-state index contributed by atoms with van der Waals surface area (Å²) in [5.74, 6) is 0.279. The first-order valence-corrected chi connectivity index (χ1v) is 6.61. The van der Waals surface area contributed by atoms with Gasteiger partial charge in [-0.15, -0.1) is 0 Å². The molecule has 0 saturated carbocycles. The molecule has 98 valence electrons. The van der Waals surface area contributed by atoms with E-state index in [2.05, 4.69) is 5.32 Å². The van der Waals surface area contributed by atoms with Crippen molar-refractivity contribution in [1.29, 1.82) is 0 Å². The van der Waals surface area contributed by atoms with Crippen molar-refractivity contribution in [2.45, 2.75) is 52.9 Å². The molecule has 0 aromatic rings. The Kier molecular flexibility index (Phi) is 16.1. The van der Waals surface area contributed by atoms with Crippen LogP contribution in [0, 0.1) is 0 Å². The smallest absolute Gasteiger partial charge is 0.222 e. The van der Waals surface area contributed by atoms with Gasteiger partial charge in [-0.3, -0.25) is 4.79 Å². The standard InChI is InChI=1S/C11H24N2O.C2H6/c1-4-8-11(14)13(3)10-7-5-6-9-12-2;1-2/h12H,4-10H2,1-3H3;1-2H3. The van der Waals surface area contributed by atoms with E-state index in [0.29, 0.717) is 6.42 Å². The lowest BCUT2D eigenvalue weighted by Gasteiger charge is -2.16. The predicted octanol–water partition coefficient (Wildman–Crippen LogP) is 2.66. The first-order chi connectivity index (χ1) is 7.72. The van der Waals surface area contributed by atoms with Crippen LogP contribution in [-0.2, 0) is 4.79 Å². The van der Waals surface area contributed by atoms with Crippen molar-refractivity contribution in [3.05, 3.63) is 0 Å². The number of nitrogens with zero attached hydrogens (tertiary/aromatic N) is 1. The van der Waals surface area contributed by atoms with E-state index in [1.165, 1.54) is 12.8 Å². The van der Waals surface area contributed by atoms with Crippen molar-refractivity contribution >= 4 is 5.91 Å². The van der Waals surface area contributed by atoms with Gasteiger partial charge in [0.25, 0.3) is 0 Å². The average Bonchev–Trinajstić information content (AvgIpc) is 2.31. The number of carbonyl (C=O) groups excluding carboxylic acids is 1. The van der Waals surface area contributed by atoms with Gasteiger partial charge in [0, 0.05) is 20.0 Å². The van der Waals surface area contributed by atoms with Crippen LogP contribution in [-0.4, -0.2) is 38.0 Å². The molecular weight excluding hydrogens is 200 g/mol. The second-order valence-electron chi connectivity index (χ2n) is 3.73. The van der Waals surface area contributed by atoms with Crippen LogP contribution in [0.5, 0.6) is 0 Å². The molecule has 0 radical (unpaired) electrons. The monoisotopic (exact) mass is 230 g/mol. The van der Waals surface area contributed by atoms with E-state index >= 15 is 0 Å². The first kappa shape index (κ1) is 17.8. The largest absolute Gasteiger partial charge is 0.346 e. The zero-order chi connectivity index (χ0) is 12.8. The quantitative estimate of drug-likeness (QED) is 0.650. The van der Waals surface area contributed by atoms with E-state index in [1.807, 2.05) is 39.8 Å². The Morgan fingerprint density at radius 2 is 1.81 bits per heavy atom. The van der Waals surface area contributed by atoms with Crippen LogP contribution < -0.4 is 5.32 Å². The molecule has 0 aromatic carbocycles. The molecule has 0 spiro atoms. The molecule has 0 aromatic heterocycles. The van der Waals surface area contributed by atoms with Crippen LogP contribution in [0.1, 0.15) is 52.9 Å². The van der Waals surface area contributed by atoms with Crippen LogP contribution in [0.2, 0.25) is 0 Å². The number of hydrogen-bond acceptors (Lipinski definition) is 2. The van der Waals surface area contributed by atoms with Crippen molar-refractivity contribution in [1.82, 2.24) is 10.2 Å². The molecule has 0 bridgehead atoms. The molecule has 0 unspecified atom stereocenters. The van der Waals surface area contributed by atoms with Crippen LogP contribution in [0.3, 0.4) is 0 Å². The highest BCUT2D eigenvalue weighted by Crippen LogP contribution is 1.99. The number of unbranched alkanes of at least 4 members (excludes halogenated alkanes) is 2. The minimum absolute atomic E-state index is 0.279. The van der Waals surface area contributed by atoms with Crippen LogP contribution >= 0.6 is 0 Å². The summed E-state index contributed by atoms with van der Waals surface area (Å²) in [6, 6.07) is 0. The van der Waals surface area contributed by atoms with Crippen molar-refractivity contribution < 1.29 is 4.79 Å². The van der Waals surface area contributed by atoms with Gasteiger partial charge in [-0.05, 0) is 32.9 Å². The van der Waals surface area contributed by atoms with Crippen LogP contribution in [0.25, 0.3) is 0 Å². The molecule has 0 fully saturated rings.